The lowest BCUT2D eigenvalue weighted by molar-refractivity contribution is 0.734. The van der Waals surface area contributed by atoms with Gasteiger partial charge in [-0.1, -0.05) is 25.2 Å². The van der Waals surface area contributed by atoms with Crippen molar-refractivity contribution in [3.8, 4) is 0 Å². The molecule has 0 aromatic rings. The lowest BCUT2D eigenvalue weighted by Crippen LogP contribution is -1.88. The fourth-order valence-electron chi connectivity index (χ4n) is 0.620. The molecule has 0 aromatic heterocycles. The molecule has 0 unspecified atom stereocenters. The summed E-state index contributed by atoms with van der Waals surface area (Å²) in [6.45, 7) is 2.20. The second-order valence-corrected chi connectivity index (χ2v) is 1.94. The molecule has 1 aliphatic rings. The second-order valence-electron chi connectivity index (χ2n) is 1.94. The Kier molecular flexibility index (Phi) is 1.30. The van der Waals surface area contributed by atoms with E-state index in [0.29, 0.717) is 0 Å². The largest absolute Gasteiger partial charge is 0.0808 e. The SMILES string of the molecule is C[C@@H]1C=C[C]=CC1. The lowest BCUT2D eigenvalue weighted by atomic mass is 10.0. The first-order valence-corrected chi connectivity index (χ1v) is 2.64. The van der Waals surface area contributed by atoms with Crippen molar-refractivity contribution in [1.82, 2.24) is 0 Å². The van der Waals surface area contributed by atoms with Crippen LogP contribution in [0.2, 0.25) is 0 Å². The van der Waals surface area contributed by atoms with E-state index in [1.165, 1.54) is 0 Å². The molecule has 0 heterocycles. The summed E-state index contributed by atoms with van der Waals surface area (Å²) in [5.41, 5.74) is 0. The van der Waals surface area contributed by atoms with E-state index < -0.39 is 0 Å². The van der Waals surface area contributed by atoms with Crippen molar-refractivity contribution in [2.75, 3.05) is 0 Å². The number of hydrogen-bond donors (Lipinski definition) is 0. The lowest BCUT2D eigenvalue weighted by Gasteiger charge is -2.01. The van der Waals surface area contributed by atoms with Crippen LogP contribution in [0.4, 0.5) is 0 Å². The zero-order valence-electron chi connectivity index (χ0n) is 4.52. The van der Waals surface area contributed by atoms with Crippen LogP contribution in [0.1, 0.15) is 13.3 Å². The third kappa shape index (κ3) is 1.19. The van der Waals surface area contributed by atoms with Gasteiger partial charge in [0, 0.05) is 0 Å². The molecule has 0 aliphatic heterocycles. The van der Waals surface area contributed by atoms with Crippen LogP contribution < -0.4 is 0 Å². The second kappa shape index (κ2) is 1.97. The smallest absolute Gasteiger partial charge is 0.0224 e. The molecule has 0 aromatic carbocycles. The summed E-state index contributed by atoms with van der Waals surface area (Å²) in [6, 6.07) is 0. The van der Waals surface area contributed by atoms with Gasteiger partial charge in [0.25, 0.3) is 0 Å². The fourth-order valence-corrected chi connectivity index (χ4v) is 0.620. The van der Waals surface area contributed by atoms with Gasteiger partial charge in [-0.3, -0.25) is 0 Å². The topological polar surface area (TPSA) is 0 Å². The molecule has 0 saturated carbocycles. The van der Waals surface area contributed by atoms with Crippen LogP contribution in [-0.2, 0) is 0 Å². The Morgan fingerprint density at radius 2 is 2.57 bits per heavy atom. The monoisotopic (exact) mass is 93.1 g/mol. The quantitative estimate of drug-likeness (QED) is 0.429. The molecule has 1 rings (SSSR count). The van der Waals surface area contributed by atoms with Crippen LogP contribution in [0.5, 0.6) is 0 Å². The van der Waals surface area contributed by atoms with Crippen molar-refractivity contribution in [3.63, 3.8) is 0 Å². The third-order valence-corrected chi connectivity index (χ3v) is 1.13. The Morgan fingerprint density at radius 1 is 1.71 bits per heavy atom. The molecule has 0 heteroatoms. The van der Waals surface area contributed by atoms with Gasteiger partial charge in [0.05, 0.1) is 0 Å². The molecule has 0 fully saturated rings. The van der Waals surface area contributed by atoms with E-state index in [2.05, 4.69) is 25.2 Å². The summed E-state index contributed by atoms with van der Waals surface area (Å²) in [6.07, 6.45) is 10.4. The minimum absolute atomic E-state index is 0.737. The van der Waals surface area contributed by atoms with E-state index in [1.807, 2.05) is 6.08 Å². The van der Waals surface area contributed by atoms with Crippen molar-refractivity contribution in [1.29, 1.82) is 0 Å². The van der Waals surface area contributed by atoms with E-state index in [-0.39, 0.29) is 0 Å². The van der Waals surface area contributed by atoms with Crippen molar-refractivity contribution in [2.45, 2.75) is 13.3 Å². The minimum Gasteiger partial charge on any atom is -0.0808 e. The zero-order chi connectivity index (χ0) is 5.11. The standard InChI is InChI=1S/C7H9/c1-7-5-3-2-4-6-7/h3-5,7H,6H2,1H3/t7-/m1/s1. The zero-order valence-corrected chi connectivity index (χ0v) is 4.52. The van der Waals surface area contributed by atoms with Crippen LogP contribution in [0.3, 0.4) is 0 Å². The Bertz CT molecular complexity index is 98.6. The molecular formula is C7H9. The Morgan fingerprint density at radius 3 is 2.86 bits per heavy atom. The van der Waals surface area contributed by atoms with E-state index >= 15 is 0 Å². The minimum atomic E-state index is 0.737. The summed E-state index contributed by atoms with van der Waals surface area (Å²) in [5, 5.41) is 0. The molecule has 0 amide bonds. The van der Waals surface area contributed by atoms with Gasteiger partial charge in [-0.2, -0.15) is 0 Å². The third-order valence-electron chi connectivity index (χ3n) is 1.13. The number of allylic oxidation sites excluding steroid dienone is 4. The number of hydrogen-bond acceptors (Lipinski definition) is 0. The van der Waals surface area contributed by atoms with Crippen molar-refractivity contribution in [2.24, 2.45) is 5.92 Å². The van der Waals surface area contributed by atoms with Crippen LogP contribution in [0.25, 0.3) is 0 Å². The van der Waals surface area contributed by atoms with E-state index in [4.69, 9.17) is 0 Å². The van der Waals surface area contributed by atoms with Crippen LogP contribution in [0.15, 0.2) is 18.2 Å². The highest BCUT2D eigenvalue weighted by molar-refractivity contribution is 5.03. The van der Waals surface area contributed by atoms with Gasteiger partial charge in [0.1, 0.15) is 0 Å². The van der Waals surface area contributed by atoms with Crippen molar-refractivity contribution >= 4 is 0 Å². The Labute approximate surface area is 44.5 Å². The molecule has 0 spiro atoms. The first-order chi connectivity index (χ1) is 3.39. The Hall–Kier alpha value is -0.520. The molecule has 0 nitrogen and oxygen atoms in total. The fraction of sp³-hybridized carbons (Fsp3) is 0.429. The molecule has 1 atom stereocenters. The normalized spacial score (nSPS) is 28.4. The molecular weight excluding hydrogens is 84.1 g/mol. The highest BCUT2D eigenvalue weighted by Crippen LogP contribution is 2.07. The molecule has 1 radical (unpaired) electrons. The van der Waals surface area contributed by atoms with Crippen LogP contribution in [0, 0.1) is 12.0 Å². The predicted octanol–water partition coefficient (Wildman–Crippen LogP) is 1.94. The van der Waals surface area contributed by atoms with Gasteiger partial charge in [0.2, 0.25) is 0 Å². The maximum Gasteiger partial charge on any atom is -0.0224 e. The summed E-state index contributed by atoms with van der Waals surface area (Å²) >= 11 is 0. The maximum atomic E-state index is 3.01. The van der Waals surface area contributed by atoms with Gasteiger partial charge in [0.15, 0.2) is 0 Å². The average Bonchev–Trinajstić information content (AvgIpc) is 1.69. The molecule has 0 bridgehead atoms. The van der Waals surface area contributed by atoms with Gasteiger partial charge >= 0.3 is 0 Å². The molecule has 1 aliphatic carbocycles. The van der Waals surface area contributed by atoms with Gasteiger partial charge in [-0.15, -0.1) is 0 Å². The maximum absolute atomic E-state index is 3.01. The van der Waals surface area contributed by atoms with E-state index in [0.717, 1.165) is 12.3 Å². The van der Waals surface area contributed by atoms with Crippen molar-refractivity contribution < 1.29 is 0 Å². The van der Waals surface area contributed by atoms with Gasteiger partial charge in [-0.25, -0.2) is 0 Å². The van der Waals surface area contributed by atoms with Gasteiger partial charge in [-0.05, 0) is 18.4 Å². The van der Waals surface area contributed by atoms with Crippen LogP contribution >= 0.6 is 0 Å². The molecule has 0 saturated heterocycles. The van der Waals surface area contributed by atoms with E-state index in [9.17, 15) is 0 Å². The van der Waals surface area contributed by atoms with E-state index in [1.54, 1.807) is 0 Å². The summed E-state index contributed by atoms with van der Waals surface area (Å²) < 4.78 is 0. The Balaban J connectivity index is 2.49. The molecule has 0 N–H and O–H groups in total. The predicted molar refractivity (Wildman–Crippen MR) is 30.7 cm³/mol. The average molecular weight is 93.1 g/mol. The summed E-state index contributed by atoms with van der Waals surface area (Å²) in [5.74, 6) is 0.737. The van der Waals surface area contributed by atoms with Crippen LogP contribution in [-0.4, -0.2) is 0 Å². The molecule has 7 heavy (non-hydrogen) atoms. The summed E-state index contributed by atoms with van der Waals surface area (Å²) in [4.78, 5) is 0. The van der Waals surface area contributed by atoms with Crippen molar-refractivity contribution in [3.05, 3.63) is 24.3 Å². The summed E-state index contributed by atoms with van der Waals surface area (Å²) in [7, 11) is 0. The first-order valence-electron chi connectivity index (χ1n) is 2.64. The molecule has 37 valence electrons. The highest BCUT2D eigenvalue weighted by Gasteiger charge is 1.93. The highest BCUT2D eigenvalue weighted by atomic mass is 14.0. The number of rotatable bonds is 0. The first kappa shape index (κ1) is 4.63. The van der Waals surface area contributed by atoms with Gasteiger partial charge < -0.3 is 0 Å².